The van der Waals surface area contributed by atoms with E-state index in [1.807, 2.05) is 65.0 Å². The lowest BCUT2D eigenvalue weighted by Crippen LogP contribution is -2.60. The lowest BCUT2D eigenvalue weighted by atomic mass is 9.79. The van der Waals surface area contributed by atoms with Crippen LogP contribution in [-0.4, -0.2) is 87.6 Å². The largest absolute Gasteiger partial charge is 0.390 e. The number of hydrogen-bond donors (Lipinski definition) is 4. The Labute approximate surface area is 297 Å². The van der Waals surface area contributed by atoms with E-state index in [1.54, 1.807) is 29.5 Å². The number of aliphatic hydroxyl groups is 1. The summed E-state index contributed by atoms with van der Waals surface area (Å²) in [7, 11) is 1.71. The third kappa shape index (κ3) is 11.1. The van der Waals surface area contributed by atoms with Crippen LogP contribution in [0.25, 0.3) is 0 Å². The molecule has 270 valence electrons. The maximum atomic E-state index is 13.9. The summed E-state index contributed by atoms with van der Waals surface area (Å²) in [5.74, 6) is 0.102. The van der Waals surface area contributed by atoms with Crippen LogP contribution in [0.15, 0.2) is 48.2 Å². The molecule has 4 N–H and O–H groups in total. The Kier molecular flexibility index (Phi) is 13.4. The SMILES string of the molecule is CC(C)c1ncc(CN(C)C(=O)N[C@H](C(=O)N[C@@H](Cc2ccccc2)[C@H](O)CN2CC3=CCCC[C@@H]3C[C@H]2C(=O)NC(C)(C)C)C(C)C)s1. The molecule has 0 unspecified atom stereocenters. The van der Waals surface area contributed by atoms with Crippen molar-refractivity contribution in [3.63, 3.8) is 0 Å². The minimum Gasteiger partial charge on any atom is -0.390 e. The van der Waals surface area contributed by atoms with Gasteiger partial charge in [0.2, 0.25) is 11.8 Å². The number of amides is 4. The first-order valence-corrected chi connectivity index (χ1v) is 18.7. The van der Waals surface area contributed by atoms with Gasteiger partial charge in [0.05, 0.1) is 29.7 Å². The summed E-state index contributed by atoms with van der Waals surface area (Å²) in [6.45, 7) is 15.1. The number of nitrogens with one attached hydrogen (secondary N) is 3. The van der Waals surface area contributed by atoms with E-state index in [4.69, 9.17) is 0 Å². The normalized spacial score (nSPS) is 20.2. The number of piperidine rings is 1. The Hall–Kier alpha value is -3.28. The lowest BCUT2D eigenvalue weighted by molar-refractivity contribution is -0.131. The number of urea groups is 1. The van der Waals surface area contributed by atoms with E-state index < -0.39 is 18.2 Å². The second kappa shape index (κ2) is 17.1. The van der Waals surface area contributed by atoms with Gasteiger partial charge in [0.25, 0.3) is 0 Å². The van der Waals surface area contributed by atoms with Crippen LogP contribution < -0.4 is 16.0 Å². The number of aliphatic hydroxyl groups excluding tert-OH is 1. The van der Waals surface area contributed by atoms with Crippen LogP contribution in [-0.2, 0) is 22.6 Å². The predicted molar refractivity (Wildman–Crippen MR) is 196 cm³/mol. The molecule has 2 aromatic rings. The predicted octanol–water partition coefficient (Wildman–Crippen LogP) is 5.24. The van der Waals surface area contributed by atoms with Crippen molar-refractivity contribution < 1.29 is 19.5 Å². The zero-order valence-corrected chi connectivity index (χ0v) is 31.5. The number of rotatable bonds is 13. The van der Waals surface area contributed by atoms with Gasteiger partial charge in [-0.15, -0.1) is 11.3 Å². The first kappa shape index (κ1) is 38.5. The average molecular weight is 695 g/mol. The molecule has 1 aliphatic carbocycles. The van der Waals surface area contributed by atoms with E-state index in [0.29, 0.717) is 37.8 Å². The highest BCUT2D eigenvalue weighted by molar-refractivity contribution is 7.11. The lowest BCUT2D eigenvalue weighted by Gasteiger charge is -2.44. The maximum absolute atomic E-state index is 13.9. The molecule has 11 heteroatoms. The Morgan fingerprint density at radius 1 is 1.10 bits per heavy atom. The summed E-state index contributed by atoms with van der Waals surface area (Å²) < 4.78 is 0. The summed E-state index contributed by atoms with van der Waals surface area (Å²) >= 11 is 1.58. The fourth-order valence-electron chi connectivity index (χ4n) is 6.69. The zero-order valence-electron chi connectivity index (χ0n) is 30.7. The monoisotopic (exact) mass is 694 g/mol. The highest BCUT2D eigenvalue weighted by Gasteiger charge is 2.39. The topological polar surface area (TPSA) is 127 Å². The summed E-state index contributed by atoms with van der Waals surface area (Å²) in [6.07, 6.45) is 7.49. The fourth-order valence-corrected chi connectivity index (χ4v) is 7.66. The van der Waals surface area contributed by atoms with Gasteiger partial charge in [0.15, 0.2) is 0 Å². The number of β-amino-alcohol motifs (C(OH)–C–C–N with tert-alkyl or cyclic N) is 1. The molecule has 10 nitrogen and oxygen atoms in total. The summed E-state index contributed by atoms with van der Waals surface area (Å²) in [5, 5.41) is 22.1. The van der Waals surface area contributed by atoms with Crippen LogP contribution in [0.5, 0.6) is 0 Å². The molecule has 2 heterocycles. The van der Waals surface area contributed by atoms with Crippen molar-refractivity contribution in [2.24, 2.45) is 11.8 Å². The van der Waals surface area contributed by atoms with Crippen LogP contribution in [0.2, 0.25) is 0 Å². The molecule has 4 amide bonds. The Morgan fingerprint density at radius 2 is 1.82 bits per heavy atom. The van der Waals surface area contributed by atoms with Crippen molar-refractivity contribution in [3.8, 4) is 0 Å². The van der Waals surface area contributed by atoms with Crippen LogP contribution >= 0.6 is 11.3 Å². The standard InChI is InChI=1S/C38H58N6O4S/c1-24(2)33(41-37(48)43(8)22-29-20-39-36(49-29)25(3)4)35(47)40-30(18-26-14-10-9-11-15-26)32(45)23-44-21-28-17-13-12-16-27(28)19-31(44)34(46)42-38(5,6)7/h9-11,14-15,17,20,24-25,27,30-33,45H,12-13,16,18-19,21-23H2,1-8H3,(H,40,47)(H,41,48)(H,42,46)/t27-,30+,31+,32-,33+/m1/s1. The number of nitrogens with zero attached hydrogens (tertiary/aromatic N) is 3. The molecule has 49 heavy (non-hydrogen) atoms. The van der Waals surface area contributed by atoms with Crippen molar-refractivity contribution >= 4 is 29.2 Å². The molecule has 0 spiro atoms. The highest BCUT2D eigenvalue weighted by atomic mass is 32.1. The molecule has 0 radical (unpaired) electrons. The van der Waals surface area contributed by atoms with Gasteiger partial charge in [-0.25, -0.2) is 9.78 Å². The molecule has 1 aromatic heterocycles. The first-order valence-electron chi connectivity index (χ1n) is 17.8. The Balaban J connectivity index is 1.50. The van der Waals surface area contributed by atoms with Crippen LogP contribution in [0.4, 0.5) is 4.79 Å². The molecule has 1 fully saturated rings. The van der Waals surface area contributed by atoms with Crippen LogP contribution in [0.1, 0.15) is 95.5 Å². The molecule has 0 bridgehead atoms. The molecule has 1 saturated heterocycles. The van der Waals surface area contributed by atoms with Gasteiger partial charge in [-0.05, 0) is 70.3 Å². The number of thiazole rings is 1. The number of benzene rings is 1. The third-order valence-corrected chi connectivity index (χ3v) is 10.7. The fraction of sp³-hybridized carbons (Fsp3) is 0.632. The molecule has 1 aliphatic heterocycles. The van der Waals surface area contributed by atoms with Gasteiger partial charge in [-0.1, -0.05) is 69.7 Å². The number of likely N-dealkylation sites (tertiary alicyclic amines) is 1. The Morgan fingerprint density at radius 3 is 2.45 bits per heavy atom. The average Bonchev–Trinajstić information content (AvgIpc) is 3.51. The van der Waals surface area contributed by atoms with Gasteiger partial charge in [-0.2, -0.15) is 0 Å². The summed E-state index contributed by atoms with van der Waals surface area (Å²) in [4.78, 5) is 50.0. The smallest absolute Gasteiger partial charge is 0.318 e. The van der Waals surface area contributed by atoms with E-state index in [2.05, 4.69) is 45.8 Å². The van der Waals surface area contributed by atoms with E-state index in [-0.39, 0.29) is 41.9 Å². The Bertz CT molecular complexity index is 1440. The second-order valence-corrected chi connectivity index (χ2v) is 16.7. The summed E-state index contributed by atoms with van der Waals surface area (Å²) in [5.41, 5.74) is 1.93. The van der Waals surface area contributed by atoms with Crippen molar-refractivity contribution in [2.75, 3.05) is 20.1 Å². The number of carbonyl (C=O) groups excluding carboxylic acids is 3. The highest BCUT2D eigenvalue weighted by Crippen LogP contribution is 2.35. The van der Waals surface area contributed by atoms with E-state index in [1.165, 1.54) is 5.57 Å². The maximum Gasteiger partial charge on any atom is 0.318 e. The van der Waals surface area contributed by atoms with Crippen molar-refractivity contribution in [2.45, 2.75) is 123 Å². The molecular formula is C38H58N6O4S. The number of fused-ring (bicyclic) bond motifs is 1. The van der Waals surface area contributed by atoms with Crippen molar-refractivity contribution in [1.82, 2.24) is 30.7 Å². The zero-order chi connectivity index (χ0) is 35.9. The van der Waals surface area contributed by atoms with E-state index in [9.17, 15) is 19.5 Å². The first-order chi connectivity index (χ1) is 23.1. The van der Waals surface area contributed by atoms with E-state index in [0.717, 1.165) is 34.7 Å². The molecular weight excluding hydrogens is 637 g/mol. The second-order valence-electron chi connectivity index (χ2n) is 15.5. The minimum atomic E-state index is -0.970. The molecule has 2 aliphatic rings. The number of aromatic nitrogens is 1. The molecule has 1 aromatic carbocycles. The van der Waals surface area contributed by atoms with Crippen molar-refractivity contribution in [3.05, 3.63) is 63.6 Å². The quantitative estimate of drug-likeness (QED) is 0.213. The molecule has 0 saturated carbocycles. The van der Waals surface area contributed by atoms with Gasteiger partial charge >= 0.3 is 6.03 Å². The molecule has 5 atom stereocenters. The van der Waals surface area contributed by atoms with Gasteiger partial charge in [0, 0.05) is 42.7 Å². The third-order valence-electron chi connectivity index (χ3n) is 9.37. The van der Waals surface area contributed by atoms with E-state index >= 15 is 0 Å². The number of allylic oxidation sites excluding steroid dienone is 1. The number of carbonyl (C=O) groups is 3. The van der Waals surface area contributed by atoms with Gasteiger partial charge in [-0.3, -0.25) is 14.5 Å². The van der Waals surface area contributed by atoms with Crippen LogP contribution in [0, 0.1) is 11.8 Å². The van der Waals surface area contributed by atoms with Gasteiger partial charge < -0.3 is 26.0 Å². The number of hydrogen-bond acceptors (Lipinski definition) is 7. The molecule has 4 rings (SSSR count). The summed E-state index contributed by atoms with van der Waals surface area (Å²) in [6, 6.07) is 7.56. The minimum absolute atomic E-state index is 0.0292. The van der Waals surface area contributed by atoms with Crippen LogP contribution in [0.3, 0.4) is 0 Å². The van der Waals surface area contributed by atoms with Crippen molar-refractivity contribution in [1.29, 1.82) is 0 Å². The van der Waals surface area contributed by atoms with Gasteiger partial charge in [0.1, 0.15) is 6.04 Å².